The third-order valence-electron chi connectivity index (χ3n) is 3.80. The van der Waals surface area contributed by atoms with Crippen LogP contribution in [0.5, 0.6) is 5.75 Å². The molecule has 0 N–H and O–H groups in total. The Kier molecular flexibility index (Phi) is 5.60. The summed E-state index contributed by atoms with van der Waals surface area (Å²) >= 11 is 0. The number of nitriles is 1. The van der Waals surface area contributed by atoms with Crippen LogP contribution in [0.25, 0.3) is 0 Å². The first-order chi connectivity index (χ1) is 9.69. The minimum Gasteiger partial charge on any atom is -0.493 e. The topological polar surface area (TPSA) is 50.1 Å². The SMILES string of the molecule is CC1CCCC(S(=O)CCOc2ccc(C#N)cc2)C1. The van der Waals surface area contributed by atoms with Crippen LogP contribution in [-0.2, 0) is 10.8 Å². The summed E-state index contributed by atoms with van der Waals surface area (Å²) < 4.78 is 17.8. The highest BCUT2D eigenvalue weighted by molar-refractivity contribution is 7.85. The second-order valence-corrected chi connectivity index (χ2v) is 7.30. The Hall–Kier alpha value is -1.34. The minimum atomic E-state index is -0.784. The molecule has 0 bridgehead atoms. The van der Waals surface area contributed by atoms with Gasteiger partial charge in [-0.3, -0.25) is 4.21 Å². The molecule has 0 amide bonds. The monoisotopic (exact) mass is 291 g/mol. The summed E-state index contributed by atoms with van der Waals surface area (Å²) in [4.78, 5) is 0. The maximum atomic E-state index is 12.2. The molecule has 3 nitrogen and oxygen atoms in total. The van der Waals surface area contributed by atoms with Crippen molar-refractivity contribution >= 4 is 10.8 Å². The van der Waals surface area contributed by atoms with Gasteiger partial charge < -0.3 is 4.74 Å². The molecule has 1 saturated carbocycles. The van der Waals surface area contributed by atoms with Crippen LogP contribution >= 0.6 is 0 Å². The Morgan fingerprint density at radius 3 is 2.75 bits per heavy atom. The summed E-state index contributed by atoms with van der Waals surface area (Å²) in [5.74, 6) is 2.03. The molecule has 0 spiro atoms. The second kappa shape index (κ2) is 7.44. The van der Waals surface area contributed by atoms with Gasteiger partial charge in [0.25, 0.3) is 0 Å². The summed E-state index contributed by atoms with van der Waals surface area (Å²) in [6.45, 7) is 2.72. The van der Waals surface area contributed by atoms with Crippen LogP contribution in [0.2, 0.25) is 0 Å². The van der Waals surface area contributed by atoms with Gasteiger partial charge in [-0.25, -0.2) is 0 Å². The van der Waals surface area contributed by atoms with E-state index in [-0.39, 0.29) is 0 Å². The number of hydrogen-bond acceptors (Lipinski definition) is 3. The zero-order chi connectivity index (χ0) is 14.4. The lowest BCUT2D eigenvalue weighted by Crippen LogP contribution is -2.26. The van der Waals surface area contributed by atoms with Gasteiger partial charge in [0.1, 0.15) is 5.75 Å². The van der Waals surface area contributed by atoms with E-state index < -0.39 is 10.8 Å². The summed E-state index contributed by atoms with van der Waals surface area (Å²) in [7, 11) is -0.784. The lowest BCUT2D eigenvalue weighted by atomic mass is 9.91. The van der Waals surface area contributed by atoms with Gasteiger partial charge in [-0.15, -0.1) is 0 Å². The van der Waals surface area contributed by atoms with Crippen LogP contribution in [0.15, 0.2) is 24.3 Å². The highest BCUT2D eigenvalue weighted by Crippen LogP contribution is 2.27. The fourth-order valence-electron chi connectivity index (χ4n) is 2.65. The van der Waals surface area contributed by atoms with Gasteiger partial charge in [-0.1, -0.05) is 19.8 Å². The van der Waals surface area contributed by atoms with Gasteiger partial charge in [0.05, 0.1) is 24.0 Å². The van der Waals surface area contributed by atoms with E-state index in [9.17, 15) is 4.21 Å². The van der Waals surface area contributed by atoms with Crippen molar-refractivity contribution in [3.63, 3.8) is 0 Å². The van der Waals surface area contributed by atoms with Crippen molar-refractivity contribution in [1.29, 1.82) is 5.26 Å². The van der Waals surface area contributed by atoms with E-state index in [4.69, 9.17) is 10.00 Å². The Morgan fingerprint density at radius 1 is 1.35 bits per heavy atom. The molecule has 20 heavy (non-hydrogen) atoms. The molecular weight excluding hydrogens is 270 g/mol. The van der Waals surface area contributed by atoms with E-state index in [2.05, 4.69) is 13.0 Å². The molecule has 2 rings (SSSR count). The van der Waals surface area contributed by atoms with Crippen LogP contribution in [0.4, 0.5) is 0 Å². The molecule has 1 aliphatic rings. The van der Waals surface area contributed by atoms with Crippen molar-refractivity contribution in [3.8, 4) is 11.8 Å². The van der Waals surface area contributed by atoms with Crippen LogP contribution in [0, 0.1) is 17.2 Å². The predicted molar refractivity (Wildman–Crippen MR) is 81.1 cm³/mol. The van der Waals surface area contributed by atoms with E-state index in [1.165, 1.54) is 12.8 Å². The third-order valence-corrected chi connectivity index (χ3v) is 5.54. The number of hydrogen-bond donors (Lipinski definition) is 0. The van der Waals surface area contributed by atoms with Crippen molar-refractivity contribution in [2.24, 2.45) is 5.92 Å². The molecule has 0 aromatic heterocycles. The molecule has 1 aromatic rings. The van der Waals surface area contributed by atoms with Crippen molar-refractivity contribution in [2.45, 2.75) is 37.9 Å². The maximum absolute atomic E-state index is 12.2. The summed E-state index contributed by atoms with van der Waals surface area (Å²) in [5, 5.41) is 9.06. The third kappa shape index (κ3) is 4.35. The molecule has 1 aromatic carbocycles. The summed E-state index contributed by atoms with van der Waals surface area (Å²) in [5.41, 5.74) is 0.622. The normalized spacial score (nSPS) is 23.8. The number of ether oxygens (including phenoxy) is 1. The van der Waals surface area contributed by atoms with E-state index >= 15 is 0 Å². The van der Waals surface area contributed by atoms with Gasteiger partial charge in [0.2, 0.25) is 0 Å². The Morgan fingerprint density at radius 2 is 2.10 bits per heavy atom. The zero-order valence-corrected chi connectivity index (χ0v) is 12.7. The molecule has 0 aliphatic heterocycles. The molecule has 0 saturated heterocycles. The molecule has 4 heteroatoms. The van der Waals surface area contributed by atoms with E-state index in [1.54, 1.807) is 24.3 Å². The molecule has 1 aliphatic carbocycles. The van der Waals surface area contributed by atoms with Crippen molar-refractivity contribution in [1.82, 2.24) is 0 Å². The molecule has 3 unspecified atom stereocenters. The van der Waals surface area contributed by atoms with Crippen molar-refractivity contribution in [2.75, 3.05) is 12.4 Å². The number of rotatable bonds is 5. The van der Waals surface area contributed by atoms with Crippen LogP contribution in [0.1, 0.15) is 38.2 Å². The first kappa shape index (κ1) is 15.1. The largest absolute Gasteiger partial charge is 0.493 e. The molecule has 108 valence electrons. The van der Waals surface area contributed by atoms with Crippen LogP contribution in [0.3, 0.4) is 0 Å². The Labute approximate surface area is 123 Å². The van der Waals surface area contributed by atoms with Gasteiger partial charge in [-0.05, 0) is 43.0 Å². The van der Waals surface area contributed by atoms with Gasteiger partial charge >= 0.3 is 0 Å². The fraction of sp³-hybridized carbons (Fsp3) is 0.562. The highest BCUT2D eigenvalue weighted by Gasteiger charge is 2.23. The first-order valence-corrected chi connectivity index (χ1v) is 8.57. The smallest absolute Gasteiger partial charge is 0.119 e. The molecule has 0 heterocycles. The quantitative estimate of drug-likeness (QED) is 0.836. The number of benzene rings is 1. The highest BCUT2D eigenvalue weighted by atomic mass is 32.2. The van der Waals surface area contributed by atoms with Gasteiger partial charge in [0, 0.05) is 16.0 Å². The molecular formula is C16H21NO2S. The summed E-state index contributed by atoms with van der Waals surface area (Å²) in [6, 6.07) is 9.10. The van der Waals surface area contributed by atoms with Crippen LogP contribution < -0.4 is 4.74 Å². The van der Waals surface area contributed by atoms with Crippen LogP contribution in [-0.4, -0.2) is 21.8 Å². The Balaban J connectivity index is 1.74. The minimum absolute atomic E-state index is 0.350. The maximum Gasteiger partial charge on any atom is 0.119 e. The predicted octanol–water partition coefficient (Wildman–Crippen LogP) is 3.26. The zero-order valence-electron chi connectivity index (χ0n) is 11.9. The second-order valence-electron chi connectivity index (χ2n) is 5.46. The van der Waals surface area contributed by atoms with E-state index in [1.807, 2.05) is 0 Å². The summed E-state index contributed by atoms with van der Waals surface area (Å²) in [6.07, 6.45) is 4.65. The average molecular weight is 291 g/mol. The Bertz CT molecular complexity index is 492. The van der Waals surface area contributed by atoms with E-state index in [0.29, 0.717) is 29.1 Å². The van der Waals surface area contributed by atoms with Gasteiger partial charge in [-0.2, -0.15) is 5.26 Å². The first-order valence-electron chi connectivity index (χ1n) is 7.19. The van der Waals surface area contributed by atoms with Crippen molar-refractivity contribution in [3.05, 3.63) is 29.8 Å². The van der Waals surface area contributed by atoms with Gasteiger partial charge in [0.15, 0.2) is 0 Å². The standard InChI is InChI=1S/C16H21NO2S/c1-13-3-2-4-16(11-13)20(18)10-9-19-15-7-5-14(12-17)6-8-15/h5-8,13,16H,2-4,9-11H2,1H3. The lowest BCUT2D eigenvalue weighted by molar-refractivity contribution is 0.340. The molecule has 3 atom stereocenters. The molecule has 0 radical (unpaired) electrons. The lowest BCUT2D eigenvalue weighted by Gasteiger charge is -2.25. The molecule has 1 fully saturated rings. The van der Waals surface area contributed by atoms with E-state index in [0.717, 1.165) is 18.6 Å². The fourth-order valence-corrected chi connectivity index (χ4v) is 4.20. The van der Waals surface area contributed by atoms with Crippen molar-refractivity contribution < 1.29 is 8.95 Å². The average Bonchev–Trinajstić information content (AvgIpc) is 2.48. The number of nitrogens with zero attached hydrogens (tertiary/aromatic N) is 1.